The number of nitrogens with one attached hydrogen (secondary N) is 1. The number of hydrogen-bond acceptors (Lipinski definition) is 7. The summed E-state index contributed by atoms with van der Waals surface area (Å²) < 4.78 is 27.6. The quantitative estimate of drug-likeness (QED) is 0.287. The zero-order valence-electron chi connectivity index (χ0n) is 15.5. The van der Waals surface area contributed by atoms with Crippen LogP contribution < -0.4 is 5.43 Å². The molecule has 0 heterocycles. The smallest absolute Gasteiger partial charge is 0.295 e. The van der Waals surface area contributed by atoms with Gasteiger partial charge in [0.05, 0.1) is 20.5 Å². The number of benzene rings is 2. The molecule has 0 aliphatic heterocycles. The molecule has 0 aliphatic carbocycles. The number of halogens is 2. The molecule has 0 saturated carbocycles. The van der Waals surface area contributed by atoms with Crippen molar-refractivity contribution in [3.05, 3.63) is 55.0 Å². The van der Waals surface area contributed by atoms with E-state index in [-0.39, 0.29) is 29.4 Å². The lowest BCUT2D eigenvalue weighted by atomic mass is 10.2. The van der Waals surface area contributed by atoms with Gasteiger partial charge in [-0.1, -0.05) is 29.8 Å². The Bertz CT molecular complexity index is 1060. The van der Waals surface area contributed by atoms with Crippen molar-refractivity contribution in [3.63, 3.8) is 0 Å². The zero-order chi connectivity index (χ0) is 21.8. The molecule has 2 aromatic carbocycles. The second-order valence-corrected chi connectivity index (χ2v) is 9.43. The summed E-state index contributed by atoms with van der Waals surface area (Å²) in [7, 11) is -3.83. The normalized spacial score (nSPS) is 11.9. The molecule has 0 unspecified atom stereocenters. The first kappa shape index (κ1) is 23.3. The number of aromatic hydroxyl groups is 1. The summed E-state index contributed by atoms with van der Waals surface area (Å²) in [4.78, 5) is 10.6. The lowest BCUT2D eigenvalue weighted by Crippen LogP contribution is -2.30. The van der Waals surface area contributed by atoms with Crippen LogP contribution in [0.25, 0.3) is 0 Å². The maximum atomic E-state index is 12.6. The fourth-order valence-electron chi connectivity index (χ4n) is 2.49. The van der Waals surface area contributed by atoms with E-state index >= 15 is 0 Å². The average molecular weight is 550 g/mol. The van der Waals surface area contributed by atoms with Gasteiger partial charge < -0.3 is 5.11 Å². The summed E-state index contributed by atoms with van der Waals surface area (Å²) in [6, 6.07) is 6.83. The molecule has 2 rings (SSSR count). The minimum atomic E-state index is -3.83. The van der Waals surface area contributed by atoms with Crippen molar-refractivity contribution in [2.45, 2.75) is 18.7 Å². The number of anilines is 1. The summed E-state index contributed by atoms with van der Waals surface area (Å²) in [5.41, 5.74) is 2.46. The standard InChI is InChI=1S/C17H18Br2N4O5S/c1-3-22(4-2)29(27,28)13-5-6-15(16(9-13)23(25)26)21-20-10-11-7-12(18)8-14(19)17(11)24/h5-10,21,24H,3-4H2,1-2H3. The van der Waals surface area contributed by atoms with Crippen molar-refractivity contribution in [1.82, 2.24) is 4.31 Å². The number of sulfonamides is 1. The van der Waals surface area contributed by atoms with Gasteiger partial charge in [0.1, 0.15) is 11.4 Å². The van der Waals surface area contributed by atoms with Crippen LogP contribution in [0.2, 0.25) is 0 Å². The van der Waals surface area contributed by atoms with Crippen LogP contribution in [0.15, 0.2) is 49.3 Å². The van der Waals surface area contributed by atoms with Crippen molar-refractivity contribution >= 4 is 59.5 Å². The SMILES string of the molecule is CCN(CC)S(=O)(=O)c1ccc(NN=Cc2cc(Br)cc(Br)c2O)c([N+](=O)[O-])c1. The van der Waals surface area contributed by atoms with Crippen LogP contribution in [0.5, 0.6) is 5.75 Å². The zero-order valence-corrected chi connectivity index (χ0v) is 19.5. The molecule has 0 bridgehead atoms. The minimum absolute atomic E-state index is 0.0123. The van der Waals surface area contributed by atoms with E-state index in [1.54, 1.807) is 26.0 Å². The Hall–Kier alpha value is -2.02. The average Bonchev–Trinajstić information content (AvgIpc) is 2.66. The van der Waals surface area contributed by atoms with E-state index in [0.717, 1.165) is 6.07 Å². The van der Waals surface area contributed by atoms with Gasteiger partial charge in [0.15, 0.2) is 0 Å². The van der Waals surface area contributed by atoms with Gasteiger partial charge in [-0.25, -0.2) is 8.42 Å². The Balaban J connectivity index is 2.36. The second kappa shape index (κ2) is 9.65. The Morgan fingerprint density at radius 1 is 1.24 bits per heavy atom. The molecule has 0 radical (unpaired) electrons. The van der Waals surface area contributed by atoms with Crippen LogP contribution >= 0.6 is 31.9 Å². The molecule has 0 amide bonds. The molecule has 9 nitrogen and oxygen atoms in total. The molecule has 29 heavy (non-hydrogen) atoms. The van der Waals surface area contributed by atoms with Gasteiger partial charge in [-0.3, -0.25) is 15.5 Å². The van der Waals surface area contributed by atoms with Crippen molar-refractivity contribution < 1.29 is 18.4 Å². The van der Waals surface area contributed by atoms with Crippen LogP contribution in [0.1, 0.15) is 19.4 Å². The lowest BCUT2D eigenvalue weighted by molar-refractivity contribution is -0.384. The molecule has 0 atom stereocenters. The number of nitro groups is 1. The topological polar surface area (TPSA) is 125 Å². The fourth-order valence-corrected chi connectivity index (χ4v) is 5.22. The molecule has 0 spiro atoms. The van der Waals surface area contributed by atoms with Gasteiger partial charge in [-0.05, 0) is 40.2 Å². The molecular formula is C17H18Br2N4O5S. The Morgan fingerprint density at radius 3 is 2.48 bits per heavy atom. The molecule has 0 aliphatic rings. The van der Waals surface area contributed by atoms with Gasteiger partial charge in [-0.15, -0.1) is 0 Å². The molecular weight excluding hydrogens is 532 g/mol. The van der Waals surface area contributed by atoms with E-state index in [1.165, 1.54) is 22.7 Å². The minimum Gasteiger partial charge on any atom is -0.506 e. The summed E-state index contributed by atoms with van der Waals surface area (Å²) in [5.74, 6) is -0.0473. The van der Waals surface area contributed by atoms with Gasteiger partial charge in [-0.2, -0.15) is 9.41 Å². The maximum absolute atomic E-state index is 12.6. The van der Waals surface area contributed by atoms with Crippen LogP contribution in [-0.2, 0) is 10.0 Å². The van der Waals surface area contributed by atoms with Gasteiger partial charge >= 0.3 is 0 Å². The number of phenols is 1. The highest BCUT2D eigenvalue weighted by molar-refractivity contribution is 9.11. The first-order valence-corrected chi connectivity index (χ1v) is 11.4. The van der Waals surface area contributed by atoms with E-state index in [0.29, 0.717) is 14.5 Å². The summed E-state index contributed by atoms with van der Waals surface area (Å²) in [6.45, 7) is 3.89. The first-order valence-electron chi connectivity index (χ1n) is 8.37. The van der Waals surface area contributed by atoms with E-state index in [9.17, 15) is 23.6 Å². The number of hydrazone groups is 1. The number of hydrogen-bond donors (Lipinski definition) is 2. The Labute approximate surface area is 184 Å². The van der Waals surface area contributed by atoms with Crippen molar-refractivity contribution in [2.75, 3.05) is 18.5 Å². The monoisotopic (exact) mass is 548 g/mol. The predicted molar refractivity (Wildman–Crippen MR) is 118 cm³/mol. The largest absolute Gasteiger partial charge is 0.506 e. The number of nitrogens with zero attached hydrogens (tertiary/aromatic N) is 3. The van der Waals surface area contributed by atoms with E-state index in [2.05, 4.69) is 42.4 Å². The van der Waals surface area contributed by atoms with Crippen LogP contribution in [0.4, 0.5) is 11.4 Å². The Morgan fingerprint density at radius 2 is 1.90 bits per heavy atom. The number of rotatable bonds is 8. The highest BCUT2D eigenvalue weighted by Crippen LogP contribution is 2.31. The third kappa shape index (κ3) is 5.32. The third-order valence-electron chi connectivity index (χ3n) is 3.96. The number of nitro benzene ring substituents is 1. The van der Waals surface area contributed by atoms with Crippen LogP contribution in [0.3, 0.4) is 0 Å². The predicted octanol–water partition coefficient (Wildman–Crippen LogP) is 4.30. The van der Waals surface area contributed by atoms with Crippen molar-refractivity contribution in [1.29, 1.82) is 0 Å². The Kier molecular flexibility index (Phi) is 7.74. The molecule has 2 aromatic rings. The number of phenolic OH excluding ortho intramolecular Hbond substituents is 1. The highest BCUT2D eigenvalue weighted by Gasteiger charge is 2.25. The lowest BCUT2D eigenvalue weighted by Gasteiger charge is -2.18. The van der Waals surface area contributed by atoms with Gasteiger partial charge in [0.25, 0.3) is 5.69 Å². The van der Waals surface area contributed by atoms with E-state index in [1.807, 2.05) is 0 Å². The highest BCUT2D eigenvalue weighted by atomic mass is 79.9. The molecule has 0 aromatic heterocycles. The second-order valence-electron chi connectivity index (χ2n) is 5.72. The van der Waals surface area contributed by atoms with Gasteiger partial charge in [0.2, 0.25) is 10.0 Å². The maximum Gasteiger partial charge on any atom is 0.295 e. The van der Waals surface area contributed by atoms with E-state index < -0.39 is 20.6 Å². The molecule has 12 heteroatoms. The first-order chi connectivity index (χ1) is 13.6. The van der Waals surface area contributed by atoms with Crippen molar-refractivity contribution in [3.8, 4) is 5.75 Å². The van der Waals surface area contributed by atoms with Crippen molar-refractivity contribution in [2.24, 2.45) is 5.10 Å². The molecule has 0 saturated heterocycles. The summed E-state index contributed by atoms with van der Waals surface area (Å²) in [5, 5.41) is 25.4. The molecule has 2 N–H and O–H groups in total. The van der Waals surface area contributed by atoms with E-state index in [4.69, 9.17) is 0 Å². The third-order valence-corrected chi connectivity index (χ3v) is 7.06. The summed E-state index contributed by atoms with van der Waals surface area (Å²) >= 11 is 6.49. The van der Waals surface area contributed by atoms with Crippen LogP contribution in [-0.4, -0.2) is 42.1 Å². The fraction of sp³-hybridized carbons (Fsp3) is 0.235. The van der Waals surface area contributed by atoms with Crippen LogP contribution in [0, 0.1) is 10.1 Å². The molecule has 0 fully saturated rings. The molecule has 156 valence electrons. The summed E-state index contributed by atoms with van der Waals surface area (Å²) in [6.07, 6.45) is 1.29. The van der Waals surface area contributed by atoms with Gasteiger partial charge in [0, 0.05) is 29.2 Å².